The summed E-state index contributed by atoms with van der Waals surface area (Å²) in [4.78, 5) is 29.2. The Morgan fingerprint density at radius 1 is 1.04 bits per heavy atom. The van der Waals surface area contributed by atoms with Crippen molar-refractivity contribution in [3.63, 3.8) is 0 Å². The van der Waals surface area contributed by atoms with Gasteiger partial charge in [-0.05, 0) is 18.2 Å². The summed E-state index contributed by atoms with van der Waals surface area (Å²) in [5.41, 5.74) is 0.973. The number of alkyl halides is 2. The molecule has 0 saturated carbocycles. The molecule has 0 atom stereocenters. The third-order valence-electron chi connectivity index (χ3n) is 4.68. The van der Waals surface area contributed by atoms with E-state index in [-0.39, 0.29) is 0 Å². The normalized spacial score (nSPS) is 14.9. The van der Waals surface area contributed by atoms with Crippen LogP contribution in [0.15, 0.2) is 41.7 Å². The molecule has 3 heterocycles. The molecule has 146 valence electrons. The Morgan fingerprint density at radius 2 is 1.71 bits per heavy atom. The van der Waals surface area contributed by atoms with Gasteiger partial charge in [-0.3, -0.25) is 9.36 Å². The van der Waals surface area contributed by atoms with Gasteiger partial charge in [0.05, 0.1) is 41.2 Å². The summed E-state index contributed by atoms with van der Waals surface area (Å²) < 4.78 is 26.1. The van der Waals surface area contributed by atoms with Crippen LogP contribution >= 0.6 is 11.6 Å². The molecule has 10 heteroatoms. The minimum atomic E-state index is -2.60. The van der Waals surface area contributed by atoms with Crippen LogP contribution < -0.4 is 15.4 Å². The zero-order valence-corrected chi connectivity index (χ0v) is 15.6. The zero-order chi connectivity index (χ0) is 19.7. The molecule has 4 rings (SSSR count). The molecule has 0 unspecified atom stereocenters. The maximum absolute atomic E-state index is 12.6. The van der Waals surface area contributed by atoms with Gasteiger partial charge in [0.15, 0.2) is 0 Å². The summed E-state index contributed by atoms with van der Waals surface area (Å²) >= 11 is 5.83. The third-order valence-corrected chi connectivity index (χ3v) is 4.87. The fourth-order valence-corrected chi connectivity index (χ4v) is 3.35. The lowest BCUT2D eigenvalue weighted by Crippen LogP contribution is -2.47. The van der Waals surface area contributed by atoms with Gasteiger partial charge in [-0.1, -0.05) is 11.6 Å². The molecule has 0 aliphatic carbocycles. The van der Waals surface area contributed by atoms with Crippen molar-refractivity contribution >= 4 is 34.1 Å². The minimum Gasteiger partial charge on any atom is -0.368 e. The highest BCUT2D eigenvalue weighted by Crippen LogP contribution is 2.22. The van der Waals surface area contributed by atoms with Crippen LogP contribution in [-0.4, -0.2) is 52.1 Å². The van der Waals surface area contributed by atoms with Crippen LogP contribution in [-0.2, 0) is 6.54 Å². The van der Waals surface area contributed by atoms with Crippen molar-refractivity contribution in [3.05, 3.63) is 52.3 Å². The Balaban J connectivity index is 1.51. The second kappa shape index (κ2) is 7.67. The second-order valence-corrected chi connectivity index (χ2v) is 6.91. The molecule has 2 aromatic heterocycles. The van der Waals surface area contributed by atoms with Crippen molar-refractivity contribution in [3.8, 4) is 0 Å². The van der Waals surface area contributed by atoms with E-state index in [2.05, 4.69) is 24.8 Å². The number of nitrogens with zero attached hydrogens (tertiary/aromatic N) is 6. The average Bonchev–Trinajstić information content (AvgIpc) is 2.70. The molecule has 1 saturated heterocycles. The maximum atomic E-state index is 12.6. The molecule has 0 N–H and O–H groups in total. The SMILES string of the molecule is O=c1c2ccc(N3CCN(c4ncc(Cl)cn4)CC3)cc2ncn1CC(F)F. The highest BCUT2D eigenvalue weighted by atomic mass is 35.5. The van der Waals surface area contributed by atoms with E-state index in [1.54, 1.807) is 18.5 Å². The van der Waals surface area contributed by atoms with Crippen LogP contribution in [0.2, 0.25) is 5.02 Å². The highest BCUT2D eigenvalue weighted by Gasteiger charge is 2.20. The van der Waals surface area contributed by atoms with Crippen molar-refractivity contribution in [1.29, 1.82) is 0 Å². The lowest BCUT2D eigenvalue weighted by molar-refractivity contribution is 0.125. The highest BCUT2D eigenvalue weighted by molar-refractivity contribution is 6.30. The van der Waals surface area contributed by atoms with Crippen LogP contribution in [0.25, 0.3) is 10.9 Å². The number of benzene rings is 1. The molecule has 7 nitrogen and oxygen atoms in total. The number of hydrogen-bond acceptors (Lipinski definition) is 6. The van der Waals surface area contributed by atoms with Crippen molar-refractivity contribution in [2.45, 2.75) is 13.0 Å². The largest absolute Gasteiger partial charge is 0.368 e. The van der Waals surface area contributed by atoms with Crippen LogP contribution in [0.4, 0.5) is 20.4 Å². The molecule has 0 spiro atoms. The van der Waals surface area contributed by atoms with Crippen LogP contribution in [0, 0.1) is 0 Å². The molecular formula is C18H17ClF2N6O. The van der Waals surface area contributed by atoms with E-state index >= 15 is 0 Å². The number of halogens is 3. The molecule has 28 heavy (non-hydrogen) atoms. The van der Waals surface area contributed by atoms with Gasteiger partial charge in [-0.25, -0.2) is 23.7 Å². The van der Waals surface area contributed by atoms with E-state index in [9.17, 15) is 13.6 Å². The minimum absolute atomic E-state index is 0.333. The lowest BCUT2D eigenvalue weighted by atomic mass is 10.2. The fourth-order valence-electron chi connectivity index (χ4n) is 3.26. The summed E-state index contributed by atoms with van der Waals surface area (Å²) in [6, 6.07) is 5.29. The number of fused-ring (bicyclic) bond motifs is 1. The molecular weight excluding hydrogens is 390 g/mol. The van der Waals surface area contributed by atoms with Gasteiger partial charge in [-0.2, -0.15) is 0 Å². The summed E-state index contributed by atoms with van der Waals surface area (Å²) in [6.07, 6.45) is 1.73. The first-order chi connectivity index (χ1) is 13.5. The number of piperazine rings is 1. The topological polar surface area (TPSA) is 67.2 Å². The van der Waals surface area contributed by atoms with Crippen LogP contribution in [0.1, 0.15) is 0 Å². The predicted octanol–water partition coefficient (Wildman–Crippen LogP) is 2.43. The van der Waals surface area contributed by atoms with E-state index in [1.165, 1.54) is 6.33 Å². The van der Waals surface area contributed by atoms with Gasteiger partial charge in [0, 0.05) is 31.9 Å². The number of aromatic nitrogens is 4. The molecule has 1 aliphatic rings. The van der Waals surface area contributed by atoms with Gasteiger partial charge in [0.25, 0.3) is 12.0 Å². The van der Waals surface area contributed by atoms with E-state index in [1.807, 2.05) is 12.1 Å². The monoisotopic (exact) mass is 406 g/mol. The quantitative estimate of drug-likeness (QED) is 0.663. The van der Waals surface area contributed by atoms with Gasteiger partial charge in [0.2, 0.25) is 5.95 Å². The first-order valence-corrected chi connectivity index (χ1v) is 9.14. The second-order valence-electron chi connectivity index (χ2n) is 6.47. The van der Waals surface area contributed by atoms with Crippen molar-refractivity contribution in [1.82, 2.24) is 19.5 Å². The van der Waals surface area contributed by atoms with E-state index in [4.69, 9.17) is 11.6 Å². The van der Waals surface area contributed by atoms with Gasteiger partial charge >= 0.3 is 0 Å². The molecule has 0 amide bonds. The van der Waals surface area contributed by atoms with Gasteiger partial charge in [-0.15, -0.1) is 0 Å². The predicted molar refractivity (Wildman–Crippen MR) is 103 cm³/mol. The van der Waals surface area contributed by atoms with Gasteiger partial charge in [0.1, 0.15) is 0 Å². The van der Waals surface area contributed by atoms with Gasteiger partial charge < -0.3 is 9.80 Å². The van der Waals surface area contributed by atoms with Crippen molar-refractivity contribution in [2.75, 3.05) is 36.0 Å². The van der Waals surface area contributed by atoms with Crippen molar-refractivity contribution < 1.29 is 8.78 Å². The Labute approximate surface area is 164 Å². The maximum Gasteiger partial charge on any atom is 0.261 e. The molecule has 0 radical (unpaired) electrons. The Bertz CT molecular complexity index is 1030. The molecule has 1 fully saturated rings. The summed E-state index contributed by atoms with van der Waals surface area (Å²) in [5.74, 6) is 0.642. The van der Waals surface area contributed by atoms with Crippen LogP contribution in [0.5, 0.6) is 0 Å². The lowest BCUT2D eigenvalue weighted by Gasteiger charge is -2.36. The number of rotatable bonds is 4. The van der Waals surface area contributed by atoms with Crippen LogP contribution in [0.3, 0.4) is 0 Å². The van der Waals surface area contributed by atoms with E-state index in [0.29, 0.717) is 21.9 Å². The number of hydrogen-bond donors (Lipinski definition) is 0. The first-order valence-electron chi connectivity index (χ1n) is 8.76. The fraction of sp³-hybridized carbons (Fsp3) is 0.333. The van der Waals surface area contributed by atoms with E-state index in [0.717, 1.165) is 36.4 Å². The Hall–Kier alpha value is -2.81. The smallest absolute Gasteiger partial charge is 0.261 e. The third kappa shape index (κ3) is 3.75. The Kier molecular flexibility index (Phi) is 5.08. The summed E-state index contributed by atoms with van der Waals surface area (Å²) in [7, 11) is 0. The number of anilines is 2. The molecule has 1 aliphatic heterocycles. The molecule has 0 bridgehead atoms. The summed E-state index contributed by atoms with van der Waals surface area (Å²) in [5, 5.41) is 0.832. The summed E-state index contributed by atoms with van der Waals surface area (Å²) in [6.45, 7) is 2.32. The first kappa shape index (κ1) is 18.5. The Morgan fingerprint density at radius 3 is 2.39 bits per heavy atom. The van der Waals surface area contributed by atoms with Crippen molar-refractivity contribution in [2.24, 2.45) is 0 Å². The average molecular weight is 407 g/mol. The molecule has 1 aromatic carbocycles. The zero-order valence-electron chi connectivity index (χ0n) is 14.8. The van der Waals surface area contributed by atoms with E-state index < -0.39 is 18.5 Å². The standard InChI is InChI=1S/C18H17ClF2N6O/c19-12-8-22-18(23-9-12)26-5-3-25(4-6-26)13-1-2-14-15(7-13)24-11-27(17(14)28)10-16(20)21/h1-2,7-9,11,16H,3-6,10H2. The molecule has 3 aromatic rings.